The summed E-state index contributed by atoms with van der Waals surface area (Å²) in [6.45, 7) is 1.76. The first-order valence-corrected chi connectivity index (χ1v) is 9.41. The number of aryl methyl sites for hydroxylation is 2. The number of aromatic nitrogens is 3. The van der Waals surface area contributed by atoms with E-state index in [1.54, 1.807) is 23.3 Å². The summed E-state index contributed by atoms with van der Waals surface area (Å²) in [7, 11) is 1.97. The van der Waals surface area contributed by atoms with Gasteiger partial charge in [0.1, 0.15) is 17.3 Å². The molecule has 3 aromatic rings. The molecule has 1 N–H and O–H groups in total. The topological polar surface area (TPSA) is 85.3 Å². The second-order valence-electron chi connectivity index (χ2n) is 6.87. The number of carbonyl (C=O) groups excluding carboxylic acids is 2. The van der Waals surface area contributed by atoms with E-state index in [-0.39, 0.29) is 24.7 Å². The number of hydrogen-bond acceptors (Lipinski definition) is 4. The molecule has 0 radical (unpaired) electrons. The molecule has 1 aliphatic heterocycles. The van der Waals surface area contributed by atoms with Crippen molar-refractivity contribution in [2.45, 2.75) is 32.4 Å². The first kappa shape index (κ1) is 18.1. The number of rotatable bonds is 6. The highest BCUT2D eigenvalue weighted by Gasteiger charge is 2.25. The summed E-state index contributed by atoms with van der Waals surface area (Å²) < 4.78 is 9.06. The minimum atomic E-state index is -0.167. The molecule has 0 aromatic carbocycles. The Morgan fingerprint density at radius 2 is 2.11 bits per heavy atom. The van der Waals surface area contributed by atoms with Gasteiger partial charge in [0.2, 0.25) is 11.8 Å². The molecule has 28 heavy (non-hydrogen) atoms. The molecule has 0 aliphatic carbocycles. The second-order valence-corrected chi connectivity index (χ2v) is 6.87. The van der Waals surface area contributed by atoms with Gasteiger partial charge in [-0.05, 0) is 30.7 Å². The smallest absolute Gasteiger partial charge is 0.228 e. The second kappa shape index (κ2) is 7.75. The van der Waals surface area contributed by atoms with Gasteiger partial charge < -0.3 is 14.3 Å². The molecule has 0 saturated carbocycles. The molecule has 0 spiro atoms. The Balaban J connectivity index is 1.38. The minimum Gasteiger partial charge on any atom is -0.467 e. The molecule has 0 saturated heterocycles. The van der Waals surface area contributed by atoms with E-state index in [0.29, 0.717) is 18.8 Å². The summed E-state index contributed by atoms with van der Waals surface area (Å²) in [5.41, 5.74) is 1.85. The molecule has 4 rings (SSSR count). The molecule has 146 valence electrons. The van der Waals surface area contributed by atoms with Gasteiger partial charge in [-0.15, -0.1) is 0 Å². The van der Waals surface area contributed by atoms with Crippen molar-refractivity contribution >= 4 is 17.6 Å². The molecule has 4 heterocycles. The van der Waals surface area contributed by atoms with E-state index in [9.17, 15) is 9.59 Å². The van der Waals surface area contributed by atoms with Crippen LogP contribution in [0.2, 0.25) is 0 Å². The Morgan fingerprint density at radius 1 is 1.21 bits per heavy atom. The van der Waals surface area contributed by atoms with Gasteiger partial charge >= 0.3 is 0 Å². The van der Waals surface area contributed by atoms with Gasteiger partial charge in [0.15, 0.2) is 0 Å². The van der Waals surface area contributed by atoms with Crippen LogP contribution < -0.4 is 10.2 Å². The van der Waals surface area contributed by atoms with Crippen LogP contribution >= 0.6 is 0 Å². The predicted molar refractivity (Wildman–Crippen MR) is 103 cm³/mol. The summed E-state index contributed by atoms with van der Waals surface area (Å²) in [6.07, 6.45) is 4.69. The van der Waals surface area contributed by atoms with E-state index < -0.39 is 0 Å². The van der Waals surface area contributed by atoms with Crippen molar-refractivity contribution in [1.29, 1.82) is 0 Å². The number of fused-ring (bicyclic) bond motifs is 1. The van der Waals surface area contributed by atoms with E-state index >= 15 is 0 Å². The van der Waals surface area contributed by atoms with Crippen LogP contribution in [-0.2, 0) is 29.7 Å². The quantitative estimate of drug-likeness (QED) is 0.710. The lowest BCUT2D eigenvalue weighted by atomic mass is 10.2. The maximum atomic E-state index is 12.7. The standard InChI is InChI=1S/C20H23N5O3/c1-23-9-2-6-17(23)16-13-19-24(10-4-11-25(19)22-16)20(27)8-7-18(26)21-14-15-5-3-12-28-15/h2-3,5-6,9,12-13H,4,7-8,10-11,14H2,1H3,(H,21,26). The molecular weight excluding hydrogens is 358 g/mol. The van der Waals surface area contributed by atoms with Crippen molar-refractivity contribution in [3.05, 3.63) is 48.6 Å². The van der Waals surface area contributed by atoms with Crippen molar-refractivity contribution in [2.75, 3.05) is 11.4 Å². The lowest BCUT2D eigenvalue weighted by molar-refractivity contribution is -0.125. The Morgan fingerprint density at radius 3 is 2.86 bits per heavy atom. The van der Waals surface area contributed by atoms with E-state index in [4.69, 9.17) is 4.42 Å². The highest BCUT2D eigenvalue weighted by Crippen LogP contribution is 2.28. The van der Waals surface area contributed by atoms with Crippen LogP contribution in [0.25, 0.3) is 11.4 Å². The van der Waals surface area contributed by atoms with Crippen LogP contribution in [0.15, 0.2) is 47.2 Å². The average Bonchev–Trinajstić information content (AvgIpc) is 3.43. The fourth-order valence-electron chi connectivity index (χ4n) is 3.43. The number of nitrogens with one attached hydrogen (secondary N) is 1. The fraction of sp³-hybridized carbons (Fsp3) is 0.350. The Bertz CT molecular complexity index is 970. The number of carbonyl (C=O) groups is 2. The summed E-state index contributed by atoms with van der Waals surface area (Å²) in [4.78, 5) is 26.5. The SMILES string of the molecule is Cn1cccc1-c1cc2n(n1)CCCN2C(=O)CCC(=O)NCc1ccco1. The summed E-state index contributed by atoms with van der Waals surface area (Å²) >= 11 is 0. The third kappa shape index (κ3) is 3.71. The molecule has 2 amide bonds. The summed E-state index contributed by atoms with van der Waals surface area (Å²) in [6, 6.07) is 9.49. The highest BCUT2D eigenvalue weighted by atomic mass is 16.3. The van der Waals surface area contributed by atoms with Crippen LogP contribution in [0.1, 0.15) is 25.0 Å². The average molecular weight is 381 g/mol. The van der Waals surface area contributed by atoms with Gasteiger partial charge in [0, 0.05) is 45.2 Å². The van der Waals surface area contributed by atoms with Gasteiger partial charge in [-0.1, -0.05) is 0 Å². The van der Waals surface area contributed by atoms with E-state index in [1.165, 1.54) is 0 Å². The summed E-state index contributed by atoms with van der Waals surface area (Å²) in [5.74, 6) is 1.25. The Kier molecular flexibility index (Phi) is 5.01. The van der Waals surface area contributed by atoms with Gasteiger partial charge in [0.05, 0.1) is 18.5 Å². The number of amides is 2. The number of anilines is 1. The van der Waals surface area contributed by atoms with Crippen LogP contribution in [0, 0.1) is 0 Å². The van der Waals surface area contributed by atoms with Gasteiger partial charge in [0.25, 0.3) is 0 Å². The zero-order valence-corrected chi connectivity index (χ0v) is 15.8. The molecule has 0 unspecified atom stereocenters. The molecule has 8 heteroatoms. The highest BCUT2D eigenvalue weighted by molar-refractivity contribution is 5.95. The molecule has 8 nitrogen and oxygen atoms in total. The first-order valence-electron chi connectivity index (χ1n) is 9.41. The van der Waals surface area contributed by atoms with Crippen molar-refractivity contribution in [1.82, 2.24) is 19.7 Å². The lowest BCUT2D eigenvalue weighted by Crippen LogP contribution is -2.38. The van der Waals surface area contributed by atoms with E-state index in [0.717, 1.165) is 30.2 Å². The molecular formula is C20H23N5O3. The van der Waals surface area contributed by atoms with Crippen molar-refractivity contribution in [3.63, 3.8) is 0 Å². The number of hydrogen-bond donors (Lipinski definition) is 1. The van der Waals surface area contributed by atoms with Gasteiger partial charge in [-0.2, -0.15) is 5.10 Å². The molecule has 1 aliphatic rings. The van der Waals surface area contributed by atoms with Crippen molar-refractivity contribution in [2.24, 2.45) is 7.05 Å². The Labute approximate surface area is 162 Å². The third-order valence-corrected chi connectivity index (χ3v) is 4.90. The predicted octanol–water partition coefficient (Wildman–Crippen LogP) is 2.31. The molecule has 0 fully saturated rings. The van der Waals surface area contributed by atoms with Crippen molar-refractivity contribution in [3.8, 4) is 11.4 Å². The minimum absolute atomic E-state index is 0.0626. The van der Waals surface area contributed by atoms with Crippen LogP contribution in [0.3, 0.4) is 0 Å². The van der Waals surface area contributed by atoms with Gasteiger partial charge in [-0.3, -0.25) is 14.5 Å². The fourth-order valence-corrected chi connectivity index (χ4v) is 3.43. The first-order chi connectivity index (χ1) is 13.6. The number of furan rings is 1. The van der Waals surface area contributed by atoms with Crippen LogP contribution in [-0.4, -0.2) is 32.7 Å². The third-order valence-electron chi connectivity index (χ3n) is 4.90. The van der Waals surface area contributed by atoms with Crippen LogP contribution in [0.4, 0.5) is 5.82 Å². The zero-order chi connectivity index (χ0) is 19.5. The Hall–Kier alpha value is -3.29. The molecule has 0 bridgehead atoms. The number of nitrogens with zero attached hydrogens (tertiary/aromatic N) is 4. The normalized spacial score (nSPS) is 13.4. The maximum Gasteiger partial charge on any atom is 0.228 e. The van der Waals surface area contributed by atoms with E-state index in [2.05, 4.69) is 10.4 Å². The largest absolute Gasteiger partial charge is 0.467 e. The van der Waals surface area contributed by atoms with Gasteiger partial charge in [-0.25, -0.2) is 4.68 Å². The van der Waals surface area contributed by atoms with E-state index in [1.807, 2.05) is 40.7 Å². The maximum absolute atomic E-state index is 12.7. The van der Waals surface area contributed by atoms with Crippen molar-refractivity contribution < 1.29 is 14.0 Å². The van der Waals surface area contributed by atoms with Crippen LogP contribution in [0.5, 0.6) is 0 Å². The monoisotopic (exact) mass is 381 g/mol. The lowest BCUT2D eigenvalue weighted by Gasteiger charge is -2.27. The molecule has 3 aromatic heterocycles. The summed E-state index contributed by atoms with van der Waals surface area (Å²) in [5, 5.41) is 7.42. The zero-order valence-electron chi connectivity index (χ0n) is 15.8. The molecule has 0 atom stereocenters.